The summed E-state index contributed by atoms with van der Waals surface area (Å²) in [5, 5.41) is 6.66. The molecule has 2 aromatic rings. The standard InChI is InChI=1S/C10H13N5O3/c1-6-14-7(18-15-6)3-4-11-9-8(17-2)10(16)13-5-12-9/h5H,3-4H2,1-2H3,(H2,11,12,13,16). The van der Waals surface area contributed by atoms with Crippen LogP contribution in [0, 0.1) is 6.92 Å². The molecule has 96 valence electrons. The van der Waals surface area contributed by atoms with E-state index in [9.17, 15) is 4.79 Å². The molecule has 8 nitrogen and oxygen atoms in total. The number of ether oxygens (including phenoxy) is 1. The number of methoxy groups -OCH3 is 1. The van der Waals surface area contributed by atoms with Crippen molar-refractivity contribution in [2.45, 2.75) is 13.3 Å². The Kier molecular flexibility index (Phi) is 3.56. The zero-order valence-corrected chi connectivity index (χ0v) is 10.1. The number of nitrogens with one attached hydrogen (secondary N) is 2. The van der Waals surface area contributed by atoms with Crippen LogP contribution in [0.3, 0.4) is 0 Å². The van der Waals surface area contributed by atoms with E-state index in [4.69, 9.17) is 9.26 Å². The number of H-pyrrole nitrogens is 1. The van der Waals surface area contributed by atoms with Crippen LogP contribution >= 0.6 is 0 Å². The zero-order chi connectivity index (χ0) is 13.0. The van der Waals surface area contributed by atoms with Gasteiger partial charge in [0, 0.05) is 13.0 Å². The van der Waals surface area contributed by atoms with Gasteiger partial charge in [-0.25, -0.2) is 4.98 Å². The van der Waals surface area contributed by atoms with Gasteiger partial charge in [-0.05, 0) is 6.92 Å². The van der Waals surface area contributed by atoms with Gasteiger partial charge < -0.3 is 19.6 Å². The van der Waals surface area contributed by atoms with E-state index in [0.29, 0.717) is 30.5 Å². The predicted octanol–water partition coefficient (Wildman–Crippen LogP) is 0.125. The summed E-state index contributed by atoms with van der Waals surface area (Å²) in [7, 11) is 1.42. The van der Waals surface area contributed by atoms with Crippen LogP contribution < -0.4 is 15.6 Å². The number of aromatic nitrogens is 4. The molecule has 0 aliphatic carbocycles. The number of hydrogen-bond donors (Lipinski definition) is 2. The first-order valence-electron chi connectivity index (χ1n) is 5.35. The van der Waals surface area contributed by atoms with Crippen LogP contribution in [-0.2, 0) is 6.42 Å². The Morgan fingerprint density at radius 2 is 2.39 bits per heavy atom. The van der Waals surface area contributed by atoms with Gasteiger partial charge in [0.1, 0.15) is 0 Å². The average Bonchev–Trinajstić information content (AvgIpc) is 2.75. The number of nitrogens with zero attached hydrogens (tertiary/aromatic N) is 3. The molecule has 0 saturated carbocycles. The maximum atomic E-state index is 11.4. The summed E-state index contributed by atoms with van der Waals surface area (Å²) in [6.07, 6.45) is 1.85. The van der Waals surface area contributed by atoms with Gasteiger partial charge in [-0.15, -0.1) is 0 Å². The minimum absolute atomic E-state index is 0.152. The molecular weight excluding hydrogens is 238 g/mol. The van der Waals surface area contributed by atoms with Gasteiger partial charge >= 0.3 is 0 Å². The molecular formula is C10H13N5O3. The predicted molar refractivity (Wildman–Crippen MR) is 62.6 cm³/mol. The molecule has 2 rings (SSSR count). The van der Waals surface area contributed by atoms with Crippen molar-refractivity contribution in [1.29, 1.82) is 0 Å². The first-order valence-corrected chi connectivity index (χ1v) is 5.35. The van der Waals surface area contributed by atoms with Gasteiger partial charge in [0.05, 0.1) is 13.4 Å². The Hall–Kier alpha value is -2.38. The van der Waals surface area contributed by atoms with Gasteiger partial charge in [0.2, 0.25) is 11.6 Å². The Bertz CT molecular complexity index is 577. The van der Waals surface area contributed by atoms with Crippen LogP contribution in [-0.4, -0.2) is 33.8 Å². The monoisotopic (exact) mass is 251 g/mol. The van der Waals surface area contributed by atoms with Crippen molar-refractivity contribution < 1.29 is 9.26 Å². The Morgan fingerprint density at radius 3 is 3.06 bits per heavy atom. The van der Waals surface area contributed by atoms with E-state index in [0.717, 1.165) is 0 Å². The molecule has 0 spiro atoms. The summed E-state index contributed by atoms with van der Waals surface area (Å²) in [4.78, 5) is 21.9. The van der Waals surface area contributed by atoms with E-state index in [1.807, 2.05) is 0 Å². The normalized spacial score (nSPS) is 10.3. The van der Waals surface area contributed by atoms with Gasteiger partial charge in [-0.1, -0.05) is 5.16 Å². The van der Waals surface area contributed by atoms with Crippen LogP contribution in [0.1, 0.15) is 11.7 Å². The lowest BCUT2D eigenvalue weighted by atomic mass is 10.4. The van der Waals surface area contributed by atoms with Gasteiger partial charge in [0.15, 0.2) is 11.6 Å². The molecule has 2 aromatic heterocycles. The number of rotatable bonds is 5. The first-order chi connectivity index (χ1) is 8.70. The molecule has 0 saturated heterocycles. The maximum Gasteiger partial charge on any atom is 0.295 e. The highest BCUT2D eigenvalue weighted by Gasteiger charge is 2.09. The molecule has 2 N–H and O–H groups in total. The van der Waals surface area contributed by atoms with Crippen molar-refractivity contribution in [3.8, 4) is 5.75 Å². The van der Waals surface area contributed by atoms with E-state index in [-0.39, 0.29) is 11.3 Å². The zero-order valence-electron chi connectivity index (χ0n) is 10.1. The third-order valence-corrected chi connectivity index (χ3v) is 2.22. The first kappa shape index (κ1) is 12.1. The van der Waals surface area contributed by atoms with E-state index in [1.165, 1.54) is 13.4 Å². The van der Waals surface area contributed by atoms with Crippen molar-refractivity contribution >= 4 is 5.82 Å². The lowest BCUT2D eigenvalue weighted by Gasteiger charge is -2.07. The van der Waals surface area contributed by atoms with Crippen molar-refractivity contribution in [3.63, 3.8) is 0 Å². The van der Waals surface area contributed by atoms with Crippen molar-refractivity contribution in [1.82, 2.24) is 20.1 Å². The largest absolute Gasteiger partial charge is 0.489 e. The molecule has 0 bridgehead atoms. The molecule has 0 radical (unpaired) electrons. The molecule has 18 heavy (non-hydrogen) atoms. The topological polar surface area (TPSA) is 106 Å². The Balaban J connectivity index is 1.98. The fourth-order valence-electron chi connectivity index (χ4n) is 1.43. The summed E-state index contributed by atoms with van der Waals surface area (Å²) >= 11 is 0. The number of aryl methyl sites for hydroxylation is 1. The van der Waals surface area contributed by atoms with E-state index < -0.39 is 0 Å². The summed E-state index contributed by atoms with van der Waals surface area (Å²) < 4.78 is 9.92. The molecule has 0 amide bonds. The van der Waals surface area contributed by atoms with Crippen LogP contribution in [0.2, 0.25) is 0 Å². The lowest BCUT2D eigenvalue weighted by Crippen LogP contribution is -2.15. The number of anilines is 1. The SMILES string of the molecule is COc1c(NCCc2nc(C)no2)nc[nH]c1=O. The fraction of sp³-hybridized carbons (Fsp3) is 0.400. The average molecular weight is 251 g/mol. The van der Waals surface area contributed by atoms with Gasteiger partial charge in [-0.3, -0.25) is 4.79 Å². The maximum absolute atomic E-state index is 11.4. The second-order valence-corrected chi connectivity index (χ2v) is 3.53. The molecule has 0 fully saturated rings. The molecule has 0 unspecified atom stereocenters. The van der Waals surface area contributed by atoms with Gasteiger partial charge in [-0.2, -0.15) is 4.98 Å². The quantitative estimate of drug-likeness (QED) is 0.777. The highest BCUT2D eigenvalue weighted by molar-refractivity contribution is 5.47. The molecule has 0 aliphatic heterocycles. The highest BCUT2D eigenvalue weighted by atomic mass is 16.5. The lowest BCUT2D eigenvalue weighted by molar-refractivity contribution is 0.376. The smallest absolute Gasteiger partial charge is 0.295 e. The molecule has 0 aliphatic rings. The number of hydrogen-bond acceptors (Lipinski definition) is 7. The summed E-state index contributed by atoms with van der Waals surface area (Å²) in [5.41, 5.74) is -0.330. The van der Waals surface area contributed by atoms with Gasteiger partial charge in [0.25, 0.3) is 5.56 Å². The third kappa shape index (κ3) is 2.65. The van der Waals surface area contributed by atoms with Crippen molar-refractivity contribution in [2.75, 3.05) is 19.0 Å². The minimum Gasteiger partial charge on any atom is -0.489 e. The highest BCUT2D eigenvalue weighted by Crippen LogP contribution is 2.13. The summed E-state index contributed by atoms with van der Waals surface area (Å²) in [5.74, 6) is 1.66. The van der Waals surface area contributed by atoms with E-state index in [1.54, 1.807) is 6.92 Å². The Labute approximate surface area is 102 Å². The van der Waals surface area contributed by atoms with Crippen molar-refractivity contribution in [3.05, 3.63) is 28.4 Å². The molecule has 2 heterocycles. The molecule has 0 aromatic carbocycles. The molecule has 8 heteroatoms. The van der Waals surface area contributed by atoms with Crippen LogP contribution in [0.15, 0.2) is 15.6 Å². The van der Waals surface area contributed by atoms with E-state index >= 15 is 0 Å². The number of aromatic amines is 1. The van der Waals surface area contributed by atoms with E-state index in [2.05, 4.69) is 25.4 Å². The minimum atomic E-state index is -0.330. The summed E-state index contributed by atoms with van der Waals surface area (Å²) in [6, 6.07) is 0. The Morgan fingerprint density at radius 1 is 1.56 bits per heavy atom. The second-order valence-electron chi connectivity index (χ2n) is 3.53. The molecule has 0 atom stereocenters. The van der Waals surface area contributed by atoms with Crippen LogP contribution in [0.5, 0.6) is 5.75 Å². The second kappa shape index (κ2) is 5.30. The third-order valence-electron chi connectivity index (χ3n) is 2.22. The van der Waals surface area contributed by atoms with Crippen LogP contribution in [0.4, 0.5) is 5.82 Å². The fourth-order valence-corrected chi connectivity index (χ4v) is 1.43. The van der Waals surface area contributed by atoms with Crippen molar-refractivity contribution in [2.24, 2.45) is 0 Å². The van der Waals surface area contributed by atoms with Crippen LogP contribution in [0.25, 0.3) is 0 Å². The summed E-state index contributed by atoms with van der Waals surface area (Å²) in [6.45, 7) is 2.26.